The molecule has 3 N–H and O–H groups in total. The zero-order valence-electron chi connectivity index (χ0n) is 15.4. The second-order valence-electron chi connectivity index (χ2n) is 6.77. The second kappa shape index (κ2) is 13.5. The van der Waals surface area contributed by atoms with Crippen LogP contribution in [0.1, 0.15) is 71.6 Å². The molecule has 2 atom stereocenters. The van der Waals surface area contributed by atoms with Crippen molar-refractivity contribution in [2.45, 2.75) is 77.7 Å². The molecule has 0 spiro atoms. The lowest BCUT2D eigenvalue weighted by Crippen LogP contribution is -2.49. The summed E-state index contributed by atoms with van der Waals surface area (Å²) in [6.07, 6.45) is 8.62. The Morgan fingerprint density at radius 2 is 1.83 bits per heavy atom. The highest BCUT2D eigenvalue weighted by Crippen LogP contribution is 2.23. The molecule has 5 nitrogen and oxygen atoms in total. The summed E-state index contributed by atoms with van der Waals surface area (Å²) in [4.78, 5) is 26.6. The van der Waals surface area contributed by atoms with E-state index in [0.717, 1.165) is 64.5 Å². The Balaban J connectivity index is 0.00000529. The van der Waals surface area contributed by atoms with Crippen molar-refractivity contribution in [3.8, 4) is 0 Å². The number of nitrogens with one attached hydrogen (secondary N) is 1. The number of carbonyl (C=O) groups excluding carboxylic acids is 2. The summed E-state index contributed by atoms with van der Waals surface area (Å²) < 4.78 is 0. The molecule has 0 saturated carbocycles. The van der Waals surface area contributed by atoms with Gasteiger partial charge in [0.25, 0.3) is 0 Å². The third-order valence-corrected chi connectivity index (χ3v) is 4.75. The SMILES string of the molecule is CCCCNC(=O)C1CCC(C)N(C(=O)CCCCCCN)C1.Cl. The van der Waals surface area contributed by atoms with Crippen molar-refractivity contribution in [2.24, 2.45) is 11.7 Å². The number of nitrogens with two attached hydrogens (primary N) is 1. The molecule has 1 aliphatic rings. The summed E-state index contributed by atoms with van der Waals surface area (Å²) in [6.45, 7) is 6.27. The zero-order valence-corrected chi connectivity index (χ0v) is 16.2. The Morgan fingerprint density at radius 3 is 2.50 bits per heavy atom. The van der Waals surface area contributed by atoms with Crippen molar-refractivity contribution in [3.63, 3.8) is 0 Å². The molecule has 0 radical (unpaired) electrons. The van der Waals surface area contributed by atoms with E-state index in [1.807, 2.05) is 4.90 Å². The van der Waals surface area contributed by atoms with Gasteiger partial charge in [0.2, 0.25) is 11.8 Å². The van der Waals surface area contributed by atoms with Gasteiger partial charge in [0.15, 0.2) is 0 Å². The highest BCUT2D eigenvalue weighted by molar-refractivity contribution is 5.85. The van der Waals surface area contributed by atoms with Crippen molar-refractivity contribution in [2.75, 3.05) is 19.6 Å². The number of halogens is 1. The van der Waals surface area contributed by atoms with Crippen molar-refractivity contribution in [3.05, 3.63) is 0 Å². The van der Waals surface area contributed by atoms with Gasteiger partial charge in [-0.2, -0.15) is 0 Å². The molecular formula is C18H36ClN3O2. The van der Waals surface area contributed by atoms with E-state index in [1.165, 1.54) is 0 Å². The van der Waals surface area contributed by atoms with Crippen LogP contribution in [0.15, 0.2) is 0 Å². The normalized spacial score (nSPS) is 20.4. The van der Waals surface area contributed by atoms with Crippen LogP contribution in [0.25, 0.3) is 0 Å². The summed E-state index contributed by atoms with van der Waals surface area (Å²) in [6, 6.07) is 0.256. The van der Waals surface area contributed by atoms with E-state index in [4.69, 9.17) is 5.73 Å². The van der Waals surface area contributed by atoms with E-state index in [1.54, 1.807) is 0 Å². The molecule has 0 aromatic carbocycles. The smallest absolute Gasteiger partial charge is 0.224 e. The van der Waals surface area contributed by atoms with E-state index >= 15 is 0 Å². The molecule has 0 aromatic rings. The molecule has 1 rings (SSSR count). The third kappa shape index (κ3) is 8.34. The van der Waals surface area contributed by atoms with E-state index in [-0.39, 0.29) is 36.2 Å². The lowest BCUT2D eigenvalue weighted by Gasteiger charge is -2.37. The number of hydrogen-bond acceptors (Lipinski definition) is 3. The molecule has 0 aliphatic carbocycles. The molecule has 1 aliphatic heterocycles. The van der Waals surface area contributed by atoms with Crippen LogP contribution in [0, 0.1) is 5.92 Å². The first-order valence-corrected chi connectivity index (χ1v) is 9.37. The van der Waals surface area contributed by atoms with Crippen molar-refractivity contribution in [1.29, 1.82) is 0 Å². The molecule has 142 valence electrons. The molecule has 2 amide bonds. The minimum atomic E-state index is -0.0377. The molecule has 6 heteroatoms. The topological polar surface area (TPSA) is 75.4 Å². The van der Waals surface area contributed by atoms with Crippen molar-refractivity contribution < 1.29 is 9.59 Å². The van der Waals surface area contributed by atoms with Crippen LogP contribution >= 0.6 is 12.4 Å². The number of amides is 2. The number of hydrogen-bond donors (Lipinski definition) is 2. The molecule has 1 saturated heterocycles. The Kier molecular flexibility index (Phi) is 13.0. The Labute approximate surface area is 153 Å². The first kappa shape index (κ1) is 23.2. The standard InChI is InChI=1S/C18H35N3O2.ClH/c1-3-4-13-20-18(23)16-11-10-15(2)21(14-16)17(22)9-7-5-6-8-12-19;/h15-16H,3-14,19H2,1-2H3,(H,20,23);1H. The predicted molar refractivity (Wildman–Crippen MR) is 101 cm³/mol. The largest absolute Gasteiger partial charge is 0.356 e. The number of likely N-dealkylation sites (tertiary alicyclic amines) is 1. The maximum Gasteiger partial charge on any atom is 0.224 e. The van der Waals surface area contributed by atoms with Gasteiger partial charge < -0.3 is 16.0 Å². The first-order valence-electron chi connectivity index (χ1n) is 9.37. The second-order valence-corrected chi connectivity index (χ2v) is 6.77. The van der Waals surface area contributed by atoms with Gasteiger partial charge in [-0.1, -0.05) is 26.2 Å². The van der Waals surface area contributed by atoms with Gasteiger partial charge >= 0.3 is 0 Å². The van der Waals surface area contributed by atoms with Gasteiger partial charge in [-0.25, -0.2) is 0 Å². The average Bonchev–Trinajstić information content (AvgIpc) is 2.55. The highest BCUT2D eigenvalue weighted by Gasteiger charge is 2.32. The fourth-order valence-corrected chi connectivity index (χ4v) is 3.12. The fourth-order valence-electron chi connectivity index (χ4n) is 3.12. The Bertz CT molecular complexity index is 366. The zero-order chi connectivity index (χ0) is 17.1. The Morgan fingerprint density at radius 1 is 1.12 bits per heavy atom. The van der Waals surface area contributed by atoms with E-state index in [0.29, 0.717) is 13.0 Å². The molecule has 1 heterocycles. The number of piperidine rings is 1. The van der Waals surface area contributed by atoms with Crippen LogP contribution < -0.4 is 11.1 Å². The molecule has 24 heavy (non-hydrogen) atoms. The summed E-state index contributed by atoms with van der Waals surface area (Å²) in [5, 5.41) is 3.01. The van der Waals surface area contributed by atoms with Gasteiger partial charge in [-0.05, 0) is 45.6 Å². The summed E-state index contributed by atoms with van der Waals surface area (Å²) >= 11 is 0. The van der Waals surface area contributed by atoms with Gasteiger partial charge in [0, 0.05) is 25.6 Å². The van der Waals surface area contributed by atoms with Gasteiger partial charge in [0.1, 0.15) is 0 Å². The van der Waals surface area contributed by atoms with Gasteiger partial charge in [-0.3, -0.25) is 9.59 Å². The predicted octanol–water partition coefficient (Wildman–Crippen LogP) is 2.86. The molecule has 0 aromatic heterocycles. The summed E-state index contributed by atoms with van der Waals surface area (Å²) in [5.74, 6) is 0.284. The Hall–Kier alpha value is -0.810. The number of carbonyl (C=O) groups is 2. The average molecular weight is 362 g/mol. The van der Waals surface area contributed by atoms with Gasteiger partial charge in [-0.15, -0.1) is 12.4 Å². The van der Waals surface area contributed by atoms with Gasteiger partial charge in [0.05, 0.1) is 5.92 Å². The number of nitrogens with zero attached hydrogens (tertiary/aromatic N) is 1. The van der Waals surface area contributed by atoms with Crippen LogP contribution in [-0.2, 0) is 9.59 Å². The summed E-state index contributed by atoms with van der Waals surface area (Å²) in [7, 11) is 0. The van der Waals surface area contributed by atoms with Crippen LogP contribution in [0.2, 0.25) is 0 Å². The van der Waals surface area contributed by atoms with Crippen LogP contribution in [-0.4, -0.2) is 42.4 Å². The summed E-state index contributed by atoms with van der Waals surface area (Å²) in [5.41, 5.74) is 5.48. The van der Waals surface area contributed by atoms with Crippen LogP contribution in [0.4, 0.5) is 0 Å². The van der Waals surface area contributed by atoms with Crippen molar-refractivity contribution in [1.82, 2.24) is 10.2 Å². The number of unbranched alkanes of at least 4 members (excludes halogenated alkanes) is 4. The highest BCUT2D eigenvalue weighted by atomic mass is 35.5. The van der Waals surface area contributed by atoms with E-state index in [9.17, 15) is 9.59 Å². The maximum atomic E-state index is 12.4. The van der Waals surface area contributed by atoms with E-state index < -0.39 is 0 Å². The van der Waals surface area contributed by atoms with Crippen molar-refractivity contribution >= 4 is 24.2 Å². The quantitative estimate of drug-likeness (QED) is 0.587. The molecule has 2 unspecified atom stereocenters. The lowest BCUT2D eigenvalue weighted by molar-refractivity contribution is -0.138. The van der Waals surface area contributed by atoms with Crippen LogP contribution in [0.5, 0.6) is 0 Å². The molecule has 1 fully saturated rings. The number of rotatable bonds is 10. The fraction of sp³-hybridized carbons (Fsp3) is 0.889. The lowest BCUT2D eigenvalue weighted by atomic mass is 9.92. The monoisotopic (exact) mass is 361 g/mol. The third-order valence-electron chi connectivity index (χ3n) is 4.75. The molecular weight excluding hydrogens is 326 g/mol. The van der Waals surface area contributed by atoms with Crippen LogP contribution in [0.3, 0.4) is 0 Å². The first-order chi connectivity index (χ1) is 11.1. The minimum Gasteiger partial charge on any atom is -0.356 e. The minimum absolute atomic E-state index is 0. The molecule has 0 bridgehead atoms. The maximum absolute atomic E-state index is 12.4. The van der Waals surface area contributed by atoms with E-state index in [2.05, 4.69) is 19.2 Å².